The molecule has 0 aromatic heterocycles. The molecular formula is C35H42O5. The lowest BCUT2D eigenvalue weighted by molar-refractivity contribution is 0.0410. The van der Waals surface area contributed by atoms with Crippen LogP contribution in [0.5, 0.6) is 11.5 Å². The first kappa shape index (κ1) is 29.4. The zero-order chi connectivity index (χ0) is 28.0. The zero-order valence-corrected chi connectivity index (χ0v) is 23.7. The molecule has 1 fully saturated rings. The Morgan fingerprint density at radius 2 is 1.20 bits per heavy atom. The molecule has 1 aliphatic carbocycles. The van der Waals surface area contributed by atoms with E-state index in [0.29, 0.717) is 29.4 Å². The van der Waals surface area contributed by atoms with E-state index in [4.69, 9.17) is 14.2 Å². The second kappa shape index (κ2) is 15.9. The van der Waals surface area contributed by atoms with E-state index < -0.39 is 5.97 Å². The third-order valence-corrected chi connectivity index (χ3v) is 7.55. The Morgan fingerprint density at radius 3 is 1.88 bits per heavy atom. The second-order valence-corrected chi connectivity index (χ2v) is 10.7. The van der Waals surface area contributed by atoms with Crippen molar-refractivity contribution in [3.05, 3.63) is 83.9 Å². The fourth-order valence-electron chi connectivity index (χ4n) is 5.07. The van der Waals surface area contributed by atoms with Gasteiger partial charge in [0.1, 0.15) is 11.5 Å². The van der Waals surface area contributed by atoms with E-state index in [1.807, 2.05) is 36.4 Å². The van der Waals surface area contributed by atoms with Gasteiger partial charge in [0.15, 0.2) is 0 Å². The molecular weight excluding hydrogens is 500 g/mol. The molecule has 212 valence electrons. The Morgan fingerprint density at radius 1 is 0.650 bits per heavy atom. The molecule has 0 saturated heterocycles. The van der Waals surface area contributed by atoms with Crippen LogP contribution in [-0.4, -0.2) is 25.2 Å². The lowest BCUT2D eigenvalue weighted by Crippen LogP contribution is -2.16. The highest BCUT2D eigenvalue weighted by Crippen LogP contribution is 2.25. The summed E-state index contributed by atoms with van der Waals surface area (Å²) in [6.45, 7) is 3.45. The van der Waals surface area contributed by atoms with Crippen LogP contribution in [0.2, 0.25) is 0 Å². The minimum atomic E-state index is -0.447. The predicted octanol–water partition coefficient (Wildman–Crippen LogP) is 9.05. The van der Waals surface area contributed by atoms with Gasteiger partial charge in [-0.05, 0) is 84.8 Å². The van der Waals surface area contributed by atoms with Gasteiger partial charge in [0.25, 0.3) is 0 Å². The van der Waals surface area contributed by atoms with Crippen molar-refractivity contribution in [3.63, 3.8) is 0 Å². The van der Waals surface area contributed by atoms with Gasteiger partial charge in [0.05, 0.1) is 24.3 Å². The minimum Gasteiger partial charge on any atom is -0.494 e. The van der Waals surface area contributed by atoms with Crippen molar-refractivity contribution >= 4 is 11.9 Å². The number of hydrogen-bond acceptors (Lipinski definition) is 5. The van der Waals surface area contributed by atoms with Crippen LogP contribution >= 0.6 is 0 Å². The van der Waals surface area contributed by atoms with E-state index in [-0.39, 0.29) is 5.97 Å². The van der Waals surface area contributed by atoms with Gasteiger partial charge in [-0.25, -0.2) is 9.59 Å². The first-order chi connectivity index (χ1) is 19.6. The molecule has 4 rings (SSSR count). The van der Waals surface area contributed by atoms with Gasteiger partial charge in [-0.15, -0.1) is 0 Å². The van der Waals surface area contributed by atoms with Crippen molar-refractivity contribution in [2.24, 2.45) is 5.92 Å². The molecule has 3 aromatic carbocycles. The first-order valence-electron chi connectivity index (χ1n) is 14.9. The third-order valence-electron chi connectivity index (χ3n) is 7.55. The van der Waals surface area contributed by atoms with Crippen LogP contribution in [-0.2, 0) is 4.74 Å². The summed E-state index contributed by atoms with van der Waals surface area (Å²) in [5.41, 5.74) is 2.98. The predicted molar refractivity (Wildman–Crippen MR) is 159 cm³/mol. The molecule has 3 aromatic rings. The van der Waals surface area contributed by atoms with E-state index in [9.17, 15) is 9.59 Å². The maximum atomic E-state index is 12.7. The molecule has 0 N–H and O–H groups in total. The maximum absolute atomic E-state index is 12.7. The van der Waals surface area contributed by atoms with Crippen molar-refractivity contribution in [2.75, 3.05) is 13.2 Å². The van der Waals surface area contributed by atoms with Gasteiger partial charge in [0.2, 0.25) is 0 Å². The molecule has 0 heterocycles. The Balaban J connectivity index is 1.22. The highest BCUT2D eigenvalue weighted by molar-refractivity contribution is 5.92. The molecule has 0 unspecified atom stereocenters. The molecule has 5 nitrogen and oxygen atoms in total. The fraction of sp³-hybridized carbons (Fsp3) is 0.429. The second-order valence-electron chi connectivity index (χ2n) is 10.7. The van der Waals surface area contributed by atoms with E-state index in [2.05, 4.69) is 6.92 Å². The van der Waals surface area contributed by atoms with Gasteiger partial charge in [-0.3, -0.25) is 0 Å². The molecule has 40 heavy (non-hydrogen) atoms. The van der Waals surface area contributed by atoms with Crippen LogP contribution in [0.15, 0.2) is 72.8 Å². The van der Waals surface area contributed by atoms with Gasteiger partial charge < -0.3 is 14.2 Å². The SMILES string of the molecule is CCCCCCCCOc1ccc(-c2ccc(C(=O)Oc3ccc(C(=O)OCC4CCCCC4)cc3)cc2)cc1. The van der Waals surface area contributed by atoms with Crippen molar-refractivity contribution in [1.29, 1.82) is 0 Å². The number of carbonyl (C=O) groups excluding carboxylic acids is 2. The molecule has 1 saturated carbocycles. The van der Waals surface area contributed by atoms with E-state index in [1.54, 1.807) is 36.4 Å². The standard InChI is InChI=1S/C35H42O5/c1-2-3-4-5-6-10-25-38-32-21-17-29(18-22-32)28-13-15-31(16-14-28)35(37)40-33-23-19-30(20-24-33)34(36)39-26-27-11-8-7-9-12-27/h13-24,27H,2-12,25-26H2,1H3. The molecule has 0 aliphatic heterocycles. The van der Waals surface area contributed by atoms with Crippen molar-refractivity contribution in [2.45, 2.75) is 77.6 Å². The highest BCUT2D eigenvalue weighted by Gasteiger charge is 2.17. The third kappa shape index (κ3) is 9.25. The topological polar surface area (TPSA) is 61.8 Å². The lowest BCUT2D eigenvalue weighted by Gasteiger charge is -2.21. The van der Waals surface area contributed by atoms with Crippen molar-refractivity contribution in [1.82, 2.24) is 0 Å². The molecule has 0 amide bonds. The molecule has 5 heteroatoms. The minimum absolute atomic E-state index is 0.337. The average molecular weight is 543 g/mol. The van der Waals surface area contributed by atoms with Crippen molar-refractivity contribution < 1.29 is 23.8 Å². The van der Waals surface area contributed by atoms with Crippen LogP contribution in [0, 0.1) is 5.92 Å². The number of rotatable bonds is 14. The smallest absolute Gasteiger partial charge is 0.343 e. The Hall–Kier alpha value is -3.60. The summed E-state index contributed by atoms with van der Waals surface area (Å²) in [5.74, 6) is 0.946. The molecule has 1 aliphatic rings. The van der Waals surface area contributed by atoms with Crippen LogP contribution < -0.4 is 9.47 Å². The normalized spacial score (nSPS) is 13.5. The number of carbonyl (C=O) groups is 2. The summed E-state index contributed by atoms with van der Waals surface area (Å²) in [7, 11) is 0. The molecule has 0 bridgehead atoms. The largest absolute Gasteiger partial charge is 0.494 e. The Kier molecular flexibility index (Phi) is 11.6. The van der Waals surface area contributed by atoms with Crippen LogP contribution in [0.25, 0.3) is 11.1 Å². The van der Waals surface area contributed by atoms with Gasteiger partial charge in [-0.1, -0.05) is 82.6 Å². The summed E-state index contributed by atoms with van der Waals surface area (Å²) < 4.78 is 16.9. The zero-order valence-electron chi connectivity index (χ0n) is 23.7. The number of unbranched alkanes of at least 4 members (excludes halogenated alkanes) is 5. The Bertz CT molecular complexity index is 1180. The monoisotopic (exact) mass is 542 g/mol. The summed E-state index contributed by atoms with van der Waals surface area (Å²) in [6.07, 6.45) is 13.4. The summed E-state index contributed by atoms with van der Waals surface area (Å²) in [5, 5.41) is 0. The van der Waals surface area contributed by atoms with Gasteiger partial charge >= 0.3 is 11.9 Å². The maximum Gasteiger partial charge on any atom is 0.343 e. The number of benzene rings is 3. The summed E-state index contributed by atoms with van der Waals surface area (Å²) in [4.78, 5) is 25.0. The highest BCUT2D eigenvalue weighted by atomic mass is 16.5. The van der Waals surface area contributed by atoms with E-state index in [0.717, 1.165) is 42.7 Å². The Labute approximate surface area is 238 Å². The van der Waals surface area contributed by atoms with Crippen LogP contribution in [0.4, 0.5) is 0 Å². The van der Waals surface area contributed by atoms with E-state index >= 15 is 0 Å². The van der Waals surface area contributed by atoms with Gasteiger partial charge in [-0.2, -0.15) is 0 Å². The average Bonchev–Trinajstić information content (AvgIpc) is 3.01. The van der Waals surface area contributed by atoms with Gasteiger partial charge in [0, 0.05) is 0 Å². The fourth-order valence-corrected chi connectivity index (χ4v) is 5.07. The summed E-state index contributed by atoms with van der Waals surface area (Å²) >= 11 is 0. The lowest BCUT2D eigenvalue weighted by atomic mass is 9.90. The molecule has 0 atom stereocenters. The number of ether oxygens (including phenoxy) is 3. The number of esters is 2. The molecule has 0 spiro atoms. The number of hydrogen-bond donors (Lipinski definition) is 0. The van der Waals surface area contributed by atoms with Crippen LogP contribution in [0.3, 0.4) is 0 Å². The quantitative estimate of drug-likeness (QED) is 0.115. The van der Waals surface area contributed by atoms with Crippen LogP contribution in [0.1, 0.15) is 98.3 Å². The van der Waals surface area contributed by atoms with E-state index in [1.165, 1.54) is 51.4 Å². The molecule has 0 radical (unpaired) electrons. The summed E-state index contributed by atoms with van der Waals surface area (Å²) in [6, 6.07) is 21.9. The first-order valence-corrected chi connectivity index (χ1v) is 14.9. The van der Waals surface area contributed by atoms with Crippen molar-refractivity contribution in [3.8, 4) is 22.6 Å².